The number of aryl methyl sites for hydroxylation is 1. The van der Waals surface area contributed by atoms with Crippen LogP contribution in [-0.2, 0) is 6.54 Å². The molecule has 1 unspecified atom stereocenters. The number of hydrogen-bond acceptors (Lipinski definition) is 4. The predicted molar refractivity (Wildman–Crippen MR) is 112 cm³/mol. The molecule has 1 fully saturated rings. The second-order valence-corrected chi connectivity index (χ2v) is 7.68. The van der Waals surface area contributed by atoms with Crippen LogP contribution in [0.15, 0.2) is 48.9 Å². The fourth-order valence-electron chi connectivity index (χ4n) is 4.06. The normalized spacial score (nSPS) is 16.5. The van der Waals surface area contributed by atoms with E-state index in [0.717, 1.165) is 36.5 Å². The van der Waals surface area contributed by atoms with Gasteiger partial charge in [-0.05, 0) is 56.0 Å². The lowest BCUT2D eigenvalue weighted by Gasteiger charge is -2.33. The Bertz CT molecular complexity index is 1030. The smallest absolute Gasteiger partial charge is 0.253 e. The van der Waals surface area contributed by atoms with Crippen LogP contribution in [0.4, 0.5) is 4.39 Å². The van der Waals surface area contributed by atoms with E-state index in [-0.39, 0.29) is 11.7 Å². The number of nitrogens with zero attached hydrogens (tertiary/aromatic N) is 4. The van der Waals surface area contributed by atoms with Crippen LogP contribution in [0, 0.1) is 18.7 Å². The van der Waals surface area contributed by atoms with E-state index >= 15 is 0 Å². The molecular formula is C23H25FN4O2. The molecule has 7 heteroatoms. The van der Waals surface area contributed by atoms with Gasteiger partial charge in [0.25, 0.3) is 5.91 Å². The third kappa shape index (κ3) is 4.06. The summed E-state index contributed by atoms with van der Waals surface area (Å²) in [4.78, 5) is 23.5. The van der Waals surface area contributed by atoms with E-state index in [1.165, 1.54) is 19.2 Å². The number of ether oxygens (including phenoxy) is 1. The number of aromatic nitrogens is 3. The van der Waals surface area contributed by atoms with Gasteiger partial charge < -0.3 is 14.2 Å². The molecular weight excluding hydrogens is 383 g/mol. The summed E-state index contributed by atoms with van der Waals surface area (Å²) < 4.78 is 21.2. The number of pyridine rings is 1. The highest BCUT2D eigenvalue weighted by Gasteiger charge is 2.26. The number of carbonyl (C=O) groups is 1. The first-order valence-corrected chi connectivity index (χ1v) is 10.1. The molecule has 156 valence electrons. The zero-order valence-corrected chi connectivity index (χ0v) is 17.2. The van der Waals surface area contributed by atoms with Crippen molar-refractivity contribution in [3.05, 3.63) is 66.0 Å². The topological polar surface area (TPSA) is 60.2 Å². The quantitative estimate of drug-likeness (QED) is 0.641. The van der Waals surface area contributed by atoms with Crippen molar-refractivity contribution in [2.45, 2.75) is 26.3 Å². The van der Waals surface area contributed by atoms with E-state index in [1.807, 2.05) is 36.4 Å². The van der Waals surface area contributed by atoms with Crippen molar-refractivity contribution in [3.8, 4) is 17.1 Å². The van der Waals surface area contributed by atoms with E-state index in [9.17, 15) is 9.18 Å². The minimum absolute atomic E-state index is 0.140. The van der Waals surface area contributed by atoms with E-state index in [2.05, 4.69) is 14.5 Å². The van der Waals surface area contributed by atoms with Gasteiger partial charge in [-0.1, -0.05) is 0 Å². The van der Waals surface area contributed by atoms with Gasteiger partial charge in [-0.25, -0.2) is 9.37 Å². The molecule has 30 heavy (non-hydrogen) atoms. The Hall–Kier alpha value is -3.22. The maximum atomic E-state index is 14.0. The Morgan fingerprint density at radius 1 is 1.30 bits per heavy atom. The minimum Gasteiger partial charge on any atom is -0.494 e. The number of benzene rings is 1. The first-order chi connectivity index (χ1) is 14.6. The zero-order chi connectivity index (χ0) is 21.1. The number of halogens is 1. The average molecular weight is 408 g/mol. The number of imidazole rings is 1. The fourth-order valence-corrected chi connectivity index (χ4v) is 4.06. The van der Waals surface area contributed by atoms with Crippen molar-refractivity contribution in [3.63, 3.8) is 0 Å². The third-order valence-electron chi connectivity index (χ3n) is 5.62. The summed E-state index contributed by atoms with van der Waals surface area (Å²) in [5.74, 6) is 0.667. The largest absolute Gasteiger partial charge is 0.494 e. The second-order valence-electron chi connectivity index (χ2n) is 7.68. The van der Waals surface area contributed by atoms with Crippen LogP contribution in [0.25, 0.3) is 11.4 Å². The monoisotopic (exact) mass is 408 g/mol. The summed E-state index contributed by atoms with van der Waals surface area (Å²) in [6.45, 7) is 4.13. The molecule has 1 amide bonds. The molecule has 1 aliphatic heterocycles. The Morgan fingerprint density at radius 2 is 2.17 bits per heavy atom. The molecule has 0 bridgehead atoms. The number of hydrogen-bond donors (Lipinski definition) is 0. The van der Waals surface area contributed by atoms with Crippen LogP contribution in [0.2, 0.25) is 0 Å². The lowest BCUT2D eigenvalue weighted by atomic mass is 9.97. The number of amides is 1. The summed E-state index contributed by atoms with van der Waals surface area (Å²) in [7, 11) is 1.41. The van der Waals surface area contributed by atoms with E-state index in [1.54, 1.807) is 12.3 Å². The third-order valence-corrected chi connectivity index (χ3v) is 5.62. The Morgan fingerprint density at radius 3 is 2.90 bits per heavy atom. The van der Waals surface area contributed by atoms with Crippen molar-refractivity contribution in [1.29, 1.82) is 0 Å². The van der Waals surface area contributed by atoms with Gasteiger partial charge in [0.15, 0.2) is 11.6 Å². The van der Waals surface area contributed by atoms with Gasteiger partial charge in [0.2, 0.25) is 0 Å². The number of methoxy groups -OCH3 is 1. The molecule has 0 saturated carbocycles. The number of rotatable bonds is 5. The molecule has 1 aliphatic rings. The molecule has 0 N–H and O–H groups in total. The van der Waals surface area contributed by atoms with E-state index in [0.29, 0.717) is 24.6 Å². The lowest BCUT2D eigenvalue weighted by Crippen LogP contribution is -2.41. The predicted octanol–water partition coefficient (Wildman–Crippen LogP) is 3.95. The summed E-state index contributed by atoms with van der Waals surface area (Å²) >= 11 is 0. The molecule has 0 radical (unpaired) electrons. The SMILES string of the molecule is COc1ccc(C(=O)N2CCCC(Cn3c(C)cnc3-c3cccnc3)C2)cc1F. The Balaban J connectivity index is 1.50. The molecule has 4 rings (SSSR count). The molecule has 1 saturated heterocycles. The van der Waals surface area contributed by atoms with Crippen molar-refractivity contribution in [2.24, 2.45) is 5.92 Å². The number of piperidine rings is 1. The van der Waals surface area contributed by atoms with Crippen LogP contribution in [0.1, 0.15) is 28.9 Å². The summed E-state index contributed by atoms with van der Waals surface area (Å²) in [6.07, 6.45) is 7.38. The summed E-state index contributed by atoms with van der Waals surface area (Å²) in [6, 6.07) is 8.28. The number of carbonyl (C=O) groups excluding carboxylic acids is 1. The zero-order valence-electron chi connectivity index (χ0n) is 17.2. The molecule has 1 atom stereocenters. The van der Waals surface area contributed by atoms with Crippen LogP contribution >= 0.6 is 0 Å². The molecule has 0 aliphatic carbocycles. The van der Waals surface area contributed by atoms with Crippen molar-refractivity contribution in [2.75, 3.05) is 20.2 Å². The van der Waals surface area contributed by atoms with Gasteiger partial charge in [-0.3, -0.25) is 9.78 Å². The van der Waals surface area contributed by atoms with Gasteiger partial charge in [0, 0.05) is 55.0 Å². The molecule has 6 nitrogen and oxygen atoms in total. The highest BCUT2D eigenvalue weighted by atomic mass is 19.1. The van der Waals surface area contributed by atoms with Gasteiger partial charge in [-0.2, -0.15) is 0 Å². The average Bonchev–Trinajstić information content (AvgIpc) is 3.14. The maximum absolute atomic E-state index is 14.0. The van der Waals surface area contributed by atoms with Crippen LogP contribution in [0.3, 0.4) is 0 Å². The molecule has 3 aromatic rings. The molecule has 0 spiro atoms. The molecule has 2 aromatic heterocycles. The summed E-state index contributed by atoms with van der Waals surface area (Å²) in [5, 5.41) is 0. The van der Waals surface area contributed by atoms with Crippen LogP contribution in [0.5, 0.6) is 5.75 Å². The van der Waals surface area contributed by atoms with Crippen molar-refractivity contribution >= 4 is 5.91 Å². The lowest BCUT2D eigenvalue weighted by molar-refractivity contribution is 0.0662. The second kappa shape index (κ2) is 8.65. The van der Waals surface area contributed by atoms with Gasteiger partial charge in [0.05, 0.1) is 7.11 Å². The van der Waals surface area contributed by atoms with Gasteiger partial charge >= 0.3 is 0 Å². The van der Waals surface area contributed by atoms with Crippen LogP contribution in [-0.4, -0.2) is 45.5 Å². The highest BCUT2D eigenvalue weighted by molar-refractivity contribution is 5.94. The Labute approximate surface area is 175 Å². The fraction of sp³-hybridized carbons (Fsp3) is 0.348. The van der Waals surface area contributed by atoms with Gasteiger partial charge in [0.1, 0.15) is 5.82 Å². The first-order valence-electron chi connectivity index (χ1n) is 10.1. The number of likely N-dealkylation sites (tertiary alicyclic amines) is 1. The Kier molecular flexibility index (Phi) is 5.79. The van der Waals surface area contributed by atoms with E-state index < -0.39 is 5.82 Å². The van der Waals surface area contributed by atoms with Crippen molar-refractivity contribution in [1.82, 2.24) is 19.4 Å². The van der Waals surface area contributed by atoms with Gasteiger partial charge in [-0.15, -0.1) is 0 Å². The van der Waals surface area contributed by atoms with Crippen LogP contribution < -0.4 is 4.74 Å². The standard InChI is InChI=1S/C23H25FN4O2/c1-16-12-26-22(19-6-3-9-25-13-19)28(16)15-17-5-4-10-27(14-17)23(29)18-7-8-21(30-2)20(24)11-18/h3,6-9,11-13,17H,4-5,10,14-15H2,1-2H3. The summed E-state index contributed by atoms with van der Waals surface area (Å²) in [5.41, 5.74) is 2.40. The molecule has 1 aromatic carbocycles. The van der Waals surface area contributed by atoms with E-state index in [4.69, 9.17) is 4.74 Å². The highest BCUT2D eigenvalue weighted by Crippen LogP contribution is 2.26. The maximum Gasteiger partial charge on any atom is 0.253 e. The van der Waals surface area contributed by atoms with Crippen molar-refractivity contribution < 1.29 is 13.9 Å². The molecule has 3 heterocycles. The first kappa shape index (κ1) is 20.1. The minimum atomic E-state index is -0.521.